The van der Waals surface area contributed by atoms with Crippen LogP contribution >= 0.6 is 11.6 Å². The molecule has 0 aliphatic heterocycles. The summed E-state index contributed by atoms with van der Waals surface area (Å²) in [7, 11) is 1.54. The molecular formula is C18H21ClN2O2. The molecule has 2 aromatic carbocycles. The number of anilines is 2. The largest absolute Gasteiger partial charge is 0.495 e. The fourth-order valence-electron chi connectivity index (χ4n) is 2.17. The van der Waals surface area contributed by atoms with Gasteiger partial charge in [0.15, 0.2) is 0 Å². The Labute approximate surface area is 141 Å². The lowest BCUT2D eigenvalue weighted by Gasteiger charge is -2.13. The summed E-state index contributed by atoms with van der Waals surface area (Å²) in [4.78, 5) is 12.2. The van der Waals surface area contributed by atoms with E-state index >= 15 is 0 Å². The molecule has 5 heteroatoms. The highest BCUT2D eigenvalue weighted by atomic mass is 35.5. The predicted molar refractivity (Wildman–Crippen MR) is 95.9 cm³/mol. The number of halogens is 1. The van der Waals surface area contributed by atoms with Crippen molar-refractivity contribution in [2.75, 3.05) is 17.7 Å². The van der Waals surface area contributed by atoms with Crippen LogP contribution in [-0.4, -0.2) is 13.1 Å². The standard InChI is InChI=1S/C18H21ClN2O2/c1-11(2)13-5-7-14(8-6-13)20-18(22)21-16-9-12(3)15(19)10-17(16)23-4/h5-11H,1-4H3,(H2,20,21,22). The highest BCUT2D eigenvalue weighted by molar-refractivity contribution is 6.31. The summed E-state index contributed by atoms with van der Waals surface area (Å²) < 4.78 is 5.25. The molecule has 0 heterocycles. The molecular weight excluding hydrogens is 312 g/mol. The van der Waals surface area contributed by atoms with Crippen LogP contribution in [-0.2, 0) is 0 Å². The van der Waals surface area contributed by atoms with Gasteiger partial charge in [0.05, 0.1) is 12.8 Å². The first-order valence-corrected chi connectivity index (χ1v) is 7.80. The summed E-state index contributed by atoms with van der Waals surface area (Å²) in [6, 6.07) is 10.9. The lowest BCUT2D eigenvalue weighted by Crippen LogP contribution is -2.20. The van der Waals surface area contributed by atoms with Crippen molar-refractivity contribution in [3.63, 3.8) is 0 Å². The van der Waals surface area contributed by atoms with Gasteiger partial charge in [-0.1, -0.05) is 37.6 Å². The number of carbonyl (C=O) groups is 1. The fraction of sp³-hybridized carbons (Fsp3) is 0.278. The summed E-state index contributed by atoms with van der Waals surface area (Å²) in [6.45, 7) is 6.13. The van der Waals surface area contributed by atoms with Crippen molar-refractivity contribution in [2.24, 2.45) is 0 Å². The smallest absolute Gasteiger partial charge is 0.323 e. The van der Waals surface area contributed by atoms with Gasteiger partial charge in [0.1, 0.15) is 5.75 Å². The number of hydrogen-bond donors (Lipinski definition) is 2. The number of aryl methyl sites for hydroxylation is 1. The lowest BCUT2D eigenvalue weighted by molar-refractivity contribution is 0.262. The second-order valence-electron chi connectivity index (χ2n) is 5.66. The molecule has 0 aliphatic rings. The molecule has 23 heavy (non-hydrogen) atoms. The Morgan fingerprint density at radius 2 is 1.78 bits per heavy atom. The highest BCUT2D eigenvalue weighted by Crippen LogP contribution is 2.31. The number of nitrogens with one attached hydrogen (secondary N) is 2. The second kappa shape index (κ2) is 7.38. The van der Waals surface area contributed by atoms with Gasteiger partial charge in [0, 0.05) is 16.8 Å². The number of amides is 2. The number of benzene rings is 2. The average molecular weight is 333 g/mol. The van der Waals surface area contributed by atoms with Gasteiger partial charge in [-0.3, -0.25) is 0 Å². The third-order valence-electron chi connectivity index (χ3n) is 3.56. The summed E-state index contributed by atoms with van der Waals surface area (Å²) in [5, 5.41) is 6.18. The van der Waals surface area contributed by atoms with Gasteiger partial charge in [0.2, 0.25) is 0 Å². The predicted octanol–water partition coefficient (Wildman–Crippen LogP) is 5.42. The molecule has 122 valence electrons. The van der Waals surface area contributed by atoms with Gasteiger partial charge in [0.25, 0.3) is 0 Å². The molecule has 2 rings (SSSR count). The minimum atomic E-state index is -0.331. The molecule has 4 nitrogen and oxygen atoms in total. The van der Waals surface area contributed by atoms with Crippen LogP contribution in [0.4, 0.5) is 16.2 Å². The van der Waals surface area contributed by atoms with Crippen molar-refractivity contribution in [1.29, 1.82) is 0 Å². The summed E-state index contributed by atoms with van der Waals surface area (Å²) >= 11 is 6.06. The van der Waals surface area contributed by atoms with E-state index in [0.717, 1.165) is 11.3 Å². The third-order valence-corrected chi connectivity index (χ3v) is 3.97. The Kier molecular flexibility index (Phi) is 5.50. The van der Waals surface area contributed by atoms with Crippen LogP contribution in [0.15, 0.2) is 36.4 Å². The van der Waals surface area contributed by atoms with Crippen LogP contribution in [0.1, 0.15) is 30.9 Å². The molecule has 0 atom stereocenters. The van der Waals surface area contributed by atoms with E-state index in [-0.39, 0.29) is 6.03 Å². The average Bonchev–Trinajstić information content (AvgIpc) is 2.51. The molecule has 2 N–H and O–H groups in total. The summed E-state index contributed by atoms with van der Waals surface area (Å²) in [5.74, 6) is 0.977. The van der Waals surface area contributed by atoms with Gasteiger partial charge >= 0.3 is 6.03 Å². The van der Waals surface area contributed by atoms with Crippen LogP contribution in [0.5, 0.6) is 5.75 Å². The maximum atomic E-state index is 12.2. The normalized spacial score (nSPS) is 10.5. The number of hydrogen-bond acceptors (Lipinski definition) is 2. The minimum Gasteiger partial charge on any atom is -0.495 e. The quantitative estimate of drug-likeness (QED) is 0.784. The maximum absolute atomic E-state index is 12.2. The first kappa shape index (κ1) is 17.2. The lowest BCUT2D eigenvalue weighted by atomic mass is 10.0. The van der Waals surface area contributed by atoms with Crippen molar-refractivity contribution in [3.8, 4) is 5.75 Å². The van der Waals surface area contributed by atoms with Gasteiger partial charge in [-0.15, -0.1) is 0 Å². The summed E-state index contributed by atoms with van der Waals surface area (Å²) in [5.41, 5.74) is 3.40. The van der Waals surface area contributed by atoms with Gasteiger partial charge in [-0.25, -0.2) is 4.79 Å². The van der Waals surface area contributed by atoms with E-state index in [1.54, 1.807) is 12.1 Å². The molecule has 0 saturated heterocycles. The topological polar surface area (TPSA) is 50.4 Å². The van der Waals surface area contributed by atoms with Crippen LogP contribution in [0, 0.1) is 6.92 Å². The first-order valence-electron chi connectivity index (χ1n) is 7.42. The molecule has 0 saturated carbocycles. The number of urea groups is 1. The number of rotatable bonds is 4. The van der Waals surface area contributed by atoms with E-state index in [9.17, 15) is 4.79 Å². The summed E-state index contributed by atoms with van der Waals surface area (Å²) in [6.07, 6.45) is 0. The van der Waals surface area contributed by atoms with E-state index in [4.69, 9.17) is 16.3 Å². The van der Waals surface area contributed by atoms with Crippen molar-refractivity contribution in [1.82, 2.24) is 0 Å². The van der Waals surface area contributed by atoms with E-state index < -0.39 is 0 Å². The van der Waals surface area contributed by atoms with E-state index in [1.807, 2.05) is 31.2 Å². The van der Waals surface area contributed by atoms with Crippen LogP contribution in [0.2, 0.25) is 5.02 Å². The van der Waals surface area contributed by atoms with Crippen LogP contribution < -0.4 is 15.4 Å². The Bertz CT molecular complexity index is 697. The molecule has 2 amide bonds. The van der Waals surface area contributed by atoms with Crippen molar-refractivity contribution >= 4 is 29.0 Å². The molecule has 2 aromatic rings. The number of methoxy groups -OCH3 is 1. The zero-order valence-electron chi connectivity index (χ0n) is 13.7. The van der Waals surface area contributed by atoms with Crippen molar-refractivity contribution in [2.45, 2.75) is 26.7 Å². The Hall–Kier alpha value is -2.20. The van der Waals surface area contributed by atoms with Crippen molar-refractivity contribution < 1.29 is 9.53 Å². The van der Waals surface area contributed by atoms with E-state index in [0.29, 0.717) is 22.4 Å². The SMILES string of the molecule is COc1cc(Cl)c(C)cc1NC(=O)Nc1ccc(C(C)C)cc1. The molecule has 0 radical (unpaired) electrons. The second-order valence-corrected chi connectivity index (χ2v) is 6.06. The molecule has 0 bridgehead atoms. The van der Waals surface area contributed by atoms with Gasteiger partial charge in [-0.05, 0) is 42.2 Å². The van der Waals surface area contributed by atoms with E-state index in [2.05, 4.69) is 24.5 Å². The third kappa shape index (κ3) is 4.39. The molecule has 0 spiro atoms. The molecule has 0 unspecified atom stereocenters. The monoisotopic (exact) mass is 332 g/mol. The van der Waals surface area contributed by atoms with Crippen molar-refractivity contribution in [3.05, 3.63) is 52.5 Å². The van der Waals surface area contributed by atoms with Gasteiger partial charge < -0.3 is 15.4 Å². The Morgan fingerprint density at radius 3 is 2.35 bits per heavy atom. The highest BCUT2D eigenvalue weighted by Gasteiger charge is 2.10. The maximum Gasteiger partial charge on any atom is 0.323 e. The number of carbonyl (C=O) groups excluding carboxylic acids is 1. The van der Waals surface area contributed by atoms with Gasteiger partial charge in [-0.2, -0.15) is 0 Å². The van der Waals surface area contributed by atoms with E-state index in [1.165, 1.54) is 12.7 Å². The van der Waals surface area contributed by atoms with Crippen LogP contribution in [0.3, 0.4) is 0 Å². The zero-order chi connectivity index (χ0) is 17.0. The fourth-order valence-corrected chi connectivity index (χ4v) is 2.32. The minimum absolute atomic E-state index is 0.331. The Balaban J connectivity index is 2.09. The zero-order valence-corrected chi connectivity index (χ0v) is 14.5. The molecule has 0 aliphatic carbocycles. The number of ether oxygens (including phenoxy) is 1. The first-order chi connectivity index (χ1) is 10.9. The molecule has 0 aromatic heterocycles. The Morgan fingerprint density at radius 1 is 1.13 bits per heavy atom. The van der Waals surface area contributed by atoms with Crippen LogP contribution in [0.25, 0.3) is 0 Å². The molecule has 0 fully saturated rings.